The standard InChI is InChI=1S/C23H36N4OS/c1-3-18-4-6-19(7-5-18)12-13-25-23(24-2)26-21-10-8-20(9-11-21)22(28)27-14-16-29-17-15-27/h4-7,20-21H,3,8-17H2,1-2H3,(H2,24,25,26). The molecule has 1 heterocycles. The Hall–Kier alpha value is -1.69. The Labute approximate surface area is 180 Å². The maximum Gasteiger partial charge on any atom is 0.225 e. The van der Waals surface area contributed by atoms with E-state index < -0.39 is 0 Å². The summed E-state index contributed by atoms with van der Waals surface area (Å²) in [5, 5.41) is 7.00. The molecule has 2 fully saturated rings. The molecule has 1 aliphatic heterocycles. The second kappa shape index (κ2) is 11.5. The van der Waals surface area contributed by atoms with E-state index in [2.05, 4.69) is 51.7 Å². The highest BCUT2D eigenvalue weighted by Gasteiger charge is 2.30. The molecule has 0 radical (unpaired) electrons. The van der Waals surface area contributed by atoms with Crippen molar-refractivity contribution in [2.24, 2.45) is 10.9 Å². The topological polar surface area (TPSA) is 56.7 Å². The van der Waals surface area contributed by atoms with E-state index in [-0.39, 0.29) is 5.92 Å². The fourth-order valence-corrected chi connectivity index (χ4v) is 5.08. The van der Waals surface area contributed by atoms with Gasteiger partial charge in [0.15, 0.2) is 5.96 Å². The highest BCUT2D eigenvalue weighted by molar-refractivity contribution is 7.99. The Balaban J connectivity index is 1.37. The van der Waals surface area contributed by atoms with Crippen LogP contribution in [-0.2, 0) is 17.6 Å². The van der Waals surface area contributed by atoms with E-state index in [0.717, 1.165) is 75.6 Å². The van der Waals surface area contributed by atoms with Crippen LogP contribution >= 0.6 is 11.8 Å². The highest BCUT2D eigenvalue weighted by atomic mass is 32.2. The molecule has 1 saturated carbocycles. The number of benzene rings is 1. The van der Waals surface area contributed by atoms with Crippen molar-refractivity contribution < 1.29 is 4.79 Å². The predicted octanol–water partition coefficient (Wildman–Crippen LogP) is 3.09. The fourth-order valence-electron chi connectivity index (χ4n) is 4.18. The molecule has 0 bridgehead atoms. The lowest BCUT2D eigenvalue weighted by Crippen LogP contribution is -2.47. The van der Waals surface area contributed by atoms with Gasteiger partial charge in [-0.2, -0.15) is 11.8 Å². The summed E-state index contributed by atoms with van der Waals surface area (Å²) in [6, 6.07) is 9.27. The third kappa shape index (κ3) is 6.66. The number of hydrogen-bond acceptors (Lipinski definition) is 3. The van der Waals surface area contributed by atoms with Crippen LogP contribution in [0.5, 0.6) is 0 Å². The van der Waals surface area contributed by atoms with E-state index in [0.29, 0.717) is 11.9 Å². The molecule has 0 spiro atoms. The van der Waals surface area contributed by atoms with Crippen LogP contribution in [0.15, 0.2) is 29.3 Å². The predicted molar refractivity (Wildman–Crippen MR) is 124 cm³/mol. The first-order chi connectivity index (χ1) is 14.2. The third-order valence-corrected chi connectivity index (χ3v) is 7.04. The van der Waals surface area contributed by atoms with E-state index >= 15 is 0 Å². The SMILES string of the molecule is CCc1ccc(CCNC(=NC)NC2CCC(C(=O)N3CCSCC3)CC2)cc1. The first-order valence-electron chi connectivity index (χ1n) is 11.1. The first-order valence-corrected chi connectivity index (χ1v) is 12.3. The molecule has 2 N–H and O–H groups in total. The average Bonchev–Trinajstić information content (AvgIpc) is 2.79. The number of guanidine groups is 1. The van der Waals surface area contributed by atoms with Crippen molar-refractivity contribution in [3.63, 3.8) is 0 Å². The molecule has 1 aromatic rings. The minimum Gasteiger partial charge on any atom is -0.356 e. The van der Waals surface area contributed by atoms with Gasteiger partial charge in [0.1, 0.15) is 0 Å². The number of rotatable bonds is 6. The highest BCUT2D eigenvalue weighted by Crippen LogP contribution is 2.27. The van der Waals surface area contributed by atoms with E-state index in [1.54, 1.807) is 0 Å². The van der Waals surface area contributed by atoms with Crippen molar-refractivity contribution in [1.82, 2.24) is 15.5 Å². The van der Waals surface area contributed by atoms with E-state index in [4.69, 9.17) is 0 Å². The Morgan fingerprint density at radius 1 is 1.10 bits per heavy atom. The molecule has 0 aromatic heterocycles. The van der Waals surface area contributed by atoms with Gasteiger partial charge in [0.2, 0.25) is 5.91 Å². The summed E-state index contributed by atoms with van der Waals surface area (Å²) < 4.78 is 0. The fraction of sp³-hybridized carbons (Fsp3) is 0.652. The molecule has 29 heavy (non-hydrogen) atoms. The van der Waals surface area contributed by atoms with Gasteiger partial charge in [-0.3, -0.25) is 9.79 Å². The summed E-state index contributed by atoms with van der Waals surface area (Å²) in [5.74, 6) is 3.66. The molecule has 5 nitrogen and oxygen atoms in total. The lowest BCUT2D eigenvalue weighted by Gasteiger charge is -2.34. The maximum atomic E-state index is 12.7. The Morgan fingerprint density at radius 2 is 1.76 bits per heavy atom. The van der Waals surface area contributed by atoms with Crippen molar-refractivity contribution in [3.05, 3.63) is 35.4 Å². The minimum absolute atomic E-state index is 0.220. The number of carbonyl (C=O) groups excluding carboxylic acids is 1. The minimum atomic E-state index is 0.220. The Kier molecular flexibility index (Phi) is 8.71. The Bertz CT molecular complexity index is 662. The molecule has 1 aromatic carbocycles. The molecule has 160 valence electrons. The van der Waals surface area contributed by atoms with Crippen molar-refractivity contribution in [2.75, 3.05) is 38.2 Å². The van der Waals surface area contributed by atoms with E-state index in [9.17, 15) is 4.79 Å². The molecule has 1 aliphatic carbocycles. The molecule has 1 amide bonds. The summed E-state index contributed by atoms with van der Waals surface area (Å²) in [5.41, 5.74) is 2.73. The van der Waals surface area contributed by atoms with Gasteiger partial charge in [-0.15, -0.1) is 0 Å². The first kappa shape index (κ1) is 22.0. The molecule has 0 unspecified atom stereocenters. The van der Waals surface area contributed by atoms with Crippen molar-refractivity contribution in [3.8, 4) is 0 Å². The van der Waals surface area contributed by atoms with Crippen LogP contribution in [-0.4, -0.2) is 61.0 Å². The second-order valence-corrected chi connectivity index (χ2v) is 9.27. The number of thioether (sulfide) groups is 1. The van der Waals surface area contributed by atoms with Crippen LogP contribution in [0, 0.1) is 5.92 Å². The van der Waals surface area contributed by atoms with Gasteiger partial charge in [0.05, 0.1) is 0 Å². The number of nitrogens with one attached hydrogen (secondary N) is 2. The molecule has 6 heteroatoms. The number of aryl methyl sites for hydroxylation is 1. The molecule has 0 atom stereocenters. The number of nitrogens with zero attached hydrogens (tertiary/aromatic N) is 2. The Morgan fingerprint density at radius 3 is 2.38 bits per heavy atom. The van der Waals surface area contributed by atoms with Gasteiger partial charge in [-0.25, -0.2) is 0 Å². The van der Waals surface area contributed by atoms with Gasteiger partial charge < -0.3 is 15.5 Å². The molecule has 1 saturated heterocycles. The summed E-state index contributed by atoms with van der Waals surface area (Å²) in [7, 11) is 1.83. The van der Waals surface area contributed by atoms with Crippen LogP contribution in [0.1, 0.15) is 43.7 Å². The smallest absolute Gasteiger partial charge is 0.225 e. The van der Waals surface area contributed by atoms with Gasteiger partial charge in [0.25, 0.3) is 0 Å². The normalized spacial score (nSPS) is 23.0. The maximum absolute atomic E-state index is 12.7. The van der Waals surface area contributed by atoms with Gasteiger partial charge in [0, 0.05) is 50.1 Å². The van der Waals surface area contributed by atoms with Crippen LogP contribution in [0.3, 0.4) is 0 Å². The van der Waals surface area contributed by atoms with Crippen LogP contribution in [0.4, 0.5) is 0 Å². The quantitative estimate of drug-likeness (QED) is 0.553. The summed E-state index contributed by atoms with van der Waals surface area (Å²) in [4.78, 5) is 19.2. The largest absolute Gasteiger partial charge is 0.356 e. The van der Waals surface area contributed by atoms with Crippen molar-refractivity contribution in [2.45, 2.75) is 51.5 Å². The number of aliphatic imine (C=N–C) groups is 1. The van der Waals surface area contributed by atoms with Crippen LogP contribution in [0.2, 0.25) is 0 Å². The molecular formula is C23H36N4OS. The van der Waals surface area contributed by atoms with Gasteiger partial charge >= 0.3 is 0 Å². The van der Waals surface area contributed by atoms with E-state index in [1.807, 2.05) is 18.8 Å². The lowest BCUT2D eigenvalue weighted by molar-refractivity contribution is -0.136. The van der Waals surface area contributed by atoms with Gasteiger partial charge in [-0.05, 0) is 49.7 Å². The zero-order valence-corrected chi connectivity index (χ0v) is 18.8. The third-order valence-electron chi connectivity index (χ3n) is 6.10. The average molecular weight is 417 g/mol. The molecule has 3 rings (SSSR count). The monoisotopic (exact) mass is 416 g/mol. The number of amides is 1. The number of carbonyl (C=O) groups is 1. The summed E-state index contributed by atoms with van der Waals surface area (Å²) in [6.07, 6.45) is 6.12. The molecular weight excluding hydrogens is 380 g/mol. The van der Waals surface area contributed by atoms with E-state index in [1.165, 1.54) is 11.1 Å². The summed E-state index contributed by atoms with van der Waals surface area (Å²) in [6.45, 7) is 4.91. The van der Waals surface area contributed by atoms with Gasteiger partial charge in [-0.1, -0.05) is 31.2 Å². The second-order valence-electron chi connectivity index (χ2n) is 8.05. The van der Waals surface area contributed by atoms with Crippen LogP contribution < -0.4 is 10.6 Å². The van der Waals surface area contributed by atoms with Crippen molar-refractivity contribution in [1.29, 1.82) is 0 Å². The zero-order valence-electron chi connectivity index (χ0n) is 18.0. The molecule has 2 aliphatic rings. The van der Waals surface area contributed by atoms with Crippen molar-refractivity contribution >= 4 is 23.6 Å². The summed E-state index contributed by atoms with van der Waals surface area (Å²) >= 11 is 1.95. The zero-order chi connectivity index (χ0) is 20.5. The lowest BCUT2D eigenvalue weighted by atomic mass is 9.85. The number of hydrogen-bond donors (Lipinski definition) is 2. The van der Waals surface area contributed by atoms with Crippen LogP contribution in [0.25, 0.3) is 0 Å².